The fraction of sp³-hybridized carbons (Fsp3) is 0.0833. The molecule has 3 aromatic rings. The van der Waals surface area contributed by atoms with Gasteiger partial charge in [0.2, 0.25) is 0 Å². The molecule has 1 heterocycles. The Morgan fingerprint density at radius 3 is 2.37 bits per heavy atom. The summed E-state index contributed by atoms with van der Waals surface area (Å²) in [6, 6.07) is 22.2. The van der Waals surface area contributed by atoms with Crippen LogP contribution in [0.15, 0.2) is 83.5 Å². The van der Waals surface area contributed by atoms with Crippen LogP contribution >= 0.6 is 23.2 Å². The fourth-order valence-corrected chi connectivity index (χ4v) is 3.53. The molecular formula is C24H18Cl2N2O2. The van der Waals surface area contributed by atoms with E-state index in [9.17, 15) is 4.79 Å². The Kier molecular flexibility index (Phi) is 5.88. The van der Waals surface area contributed by atoms with E-state index in [1.54, 1.807) is 25.1 Å². The largest absolute Gasteiger partial charge is 0.488 e. The maximum atomic E-state index is 13.0. The van der Waals surface area contributed by atoms with Gasteiger partial charge in [0.1, 0.15) is 12.4 Å². The van der Waals surface area contributed by atoms with Gasteiger partial charge in [-0.3, -0.25) is 4.79 Å². The van der Waals surface area contributed by atoms with Crippen molar-refractivity contribution in [3.63, 3.8) is 0 Å². The number of amides is 1. The van der Waals surface area contributed by atoms with Gasteiger partial charge in [-0.25, -0.2) is 0 Å². The van der Waals surface area contributed by atoms with Gasteiger partial charge < -0.3 is 4.74 Å². The van der Waals surface area contributed by atoms with E-state index in [1.807, 2.05) is 60.7 Å². The van der Waals surface area contributed by atoms with Crippen LogP contribution in [0.2, 0.25) is 10.0 Å². The fourth-order valence-electron chi connectivity index (χ4n) is 3.13. The van der Waals surface area contributed by atoms with Gasteiger partial charge in [0.25, 0.3) is 5.91 Å². The SMILES string of the molecule is CC1=NN(c2ccccc2Cl)C(=O)/C1=C/c1ccccc1OCc1ccccc1Cl. The second-order valence-corrected chi connectivity index (χ2v) is 7.54. The quantitative estimate of drug-likeness (QED) is 0.435. The first kappa shape index (κ1) is 20.2. The first-order valence-electron chi connectivity index (χ1n) is 9.36. The zero-order valence-electron chi connectivity index (χ0n) is 16.2. The van der Waals surface area contributed by atoms with E-state index in [4.69, 9.17) is 27.9 Å². The number of anilines is 1. The average molecular weight is 437 g/mol. The molecule has 0 radical (unpaired) electrons. The minimum absolute atomic E-state index is 0.235. The number of carbonyl (C=O) groups excluding carboxylic acids is 1. The summed E-state index contributed by atoms with van der Waals surface area (Å²) in [5, 5.41) is 6.85. The number of carbonyl (C=O) groups is 1. The van der Waals surface area contributed by atoms with Crippen molar-refractivity contribution < 1.29 is 9.53 Å². The average Bonchev–Trinajstić information content (AvgIpc) is 3.02. The highest BCUT2D eigenvalue weighted by atomic mass is 35.5. The third-order valence-corrected chi connectivity index (χ3v) is 5.39. The standard InChI is InChI=1S/C24H18Cl2N2O2/c1-16-19(24(29)28(27-16)22-12-6-5-11-21(22)26)14-17-8-3-7-13-23(17)30-15-18-9-2-4-10-20(18)25/h2-14H,15H2,1H3/b19-14+. The van der Waals surface area contributed by atoms with Gasteiger partial charge in [-0.2, -0.15) is 10.1 Å². The molecule has 4 nitrogen and oxygen atoms in total. The van der Waals surface area contributed by atoms with E-state index in [-0.39, 0.29) is 5.91 Å². The Hall–Kier alpha value is -3.08. The number of ether oxygens (including phenoxy) is 1. The Bertz CT molecular complexity index is 1170. The monoisotopic (exact) mass is 436 g/mol. The van der Waals surface area contributed by atoms with E-state index in [1.165, 1.54) is 5.01 Å². The summed E-state index contributed by atoms with van der Waals surface area (Å²) in [6.45, 7) is 2.13. The van der Waals surface area contributed by atoms with Crippen molar-refractivity contribution in [1.82, 2.24) is 0 Å². The van der Waals surface area contributed by atoms with Crippen LogP contribution in [0.3, 0.4) is 0 Å². The highest BCUT2D eigenvalue weighted by molar-refractivity contribution is 6.37. The predicted molar refractivity (Wildman–Crippen MR) is 122 cm³/mol. The maximum absolute atomic E-state index is 13.0. The van der Waals surface area contributed by atoms with Crippen molar-refractivity contribution in [2.24, 2.45) is 5.10 Å². The summed E-state index contributed by atoms with van der Waals surface area (Å²) in [5.74, 6) is 0.420. The Labute approximate surface area is 185 Å². The molecule has 0 N–H and O–H groups in total. The van der Waals surface area contributed by atoms with Gasteiger partial charge >= 0.3 is 0 Å². The number of benzene rings is 3. The van der Waals surface area contributed by atoms with Gasteiger partial charge in [0.05, 0.1) is 22.0 Å². The lowest BCUT2D eigenvalue weighted by atomic mass is 10.1. The van der Waals surface area contributed by atoms with Crippen molar-refractivity contribution in [2.75, 3.05) is 5.01 Å². The molecule has 0 fully saturated rings. The Balaban J connectivity index is 1.61. The number of halogens is 2. The number of hydrazone groups is 1. The van der Waals surface area contributed by atoms with Crippen LogP contribution in [0.4, 0.5) is 5.69 Å². The molecule has 0 saturated heterocycles. The molecule has 4 rings (SSSR count). The third kappa shape index (κ3) is 4.11. The number of hydrogen-bond acceptors (Lipinski definition) is 3. The number of hydrogen-bond donors (Lipinski definition) is 0. The van der Waals surface area contributed by atoms with Crippen LogP contribution < -0.4 is 9.75 Å². The van der Waals surface area contributed by atoms with E-state index < -0.39 is 0 Å². The lowest BCUT2D eigenvalue weighted by Gasteiger charge is -2.13. The second-order valence-electron chi connectivity index (χ2n) is 6.73. The minimum Gasteiger partial charge on any atom is -0.488 e. The van der Waals surface area contributed by atoms with Crippen LogP contribution in [-0.2, 0) is 11.4 Å². The Morgan fingerprint density at radius 1 is 0.933 bits per heavy atom. The van der Waals surface area contributed by atoms with Crippen LogP contribution in [0.5, 0.6) is 5.75 Å². The molecule has 150 valence electrons. The van der Waals surface area contributed by atoms with Crippen LogP contribution in [0, 0.1) is 0 Å². The summed E-state index contributed by atoms with van der Waals surface area (Å²) in [4.78, 5) is 13.0. The van der Waals surface area contributed by atoms with Gasteiger partial charge in [-0.1, -0.05) is 71.7 Å². The third-order valence-electron chi connectivity index (χ3n) is 4.70. The van der Waals surface area contributed by atoms with Gasteiger partial charge in [0.15, 0.2) is 0 Å². The molecule has 0 spiro atoms. The molecular weight excluding hydrogens is 419 g/mol. The van der Waals surface area contributed by atoms with Gasteiger partial charge in [-0.15, -0.1) is 0 Å². The minimum atomic E-state index is -0.235. The summed E-state index contributed by atoms with van der Waals surface area (Å²) in [7, 11) is 0. The van der Waals surface area contributed by atoms with Crippen LogP contribution in [0.1, 0.15) is 18.1 Å². The summed E-state index contributed by atoms with van der Waals surface area (Å²) in [6.07, 6.45) is 1.79. The smallest absolute Gasteiger partial charge is 0.280 e. The number of rotatable bonds is 5. The molecule has 1 aliphatic rings. The van der Waals surface area contributed by atoms with Gasteiger partial charge in [0, 0.05) is 16.1 Å². The molecule has 0 atom stereocenters. The van der Waals surface area contributed by atoms with Crippen molar-refractivity contribution in [1.29, 1.82) is 0 Å². The van der Waals surface area contributed by atoms with Crippen LogP contribution in [-0.4, -0.2) is 11.6 Å². The summed E-state index contributed by atoms with van der Waals surface area (Å²) < 4.78 is 6.00. The molecule has 1 amide bonds. The number of nitrogens with zero attached hydrogens (tertiary/aromatic N) is 2. The number of para-hydroxylation sites is 2. The molecule has 0 bridgehead atoms. The van der Waals surface area contributed by atoms with Crippen molar-refractivity contribution in [3.8, 4) is 5.75 Å². The Morgan fingerprint density at radius 2 is 1.60 bits per heavy atom. The maximum Gasteiger partial charge on any atom is 0.280 e. The first-order chi connectivity index (χ1) is 14.5. The van der Waals surface area contributed by atoms with Crippen LogP contribution in [0.25, 0.3) is 6.08 Å². The zero-order chi connectivity index (χ0) is 21.1. The van der Waals surface area contributed by atoms with Gasteiger partial charge in [-0.05, 0) is 37.3 Å². The van der Waals surface area contributed by atoms with E-state index in [0.29, 0.717) is 39.4 Å². The molecule has 3 aromatic carbocycles. The molecule has 0 saturated carbocycles. The normalized spacial score (nSPS) is 14.9. The zero-order valence-corrected chi connectivity index (χ0v) is 17.7. The van der Waals surface area contributed by atoms with Crippen molar-refractivity contribution >= 4 is 46.6 Å². The molecule has 6 heteroatoms. The van der Waals surface area contributed by atoms with Crippen molar-refractivity contribution in [2.45, 2.75) is 13.5 Å². The summed E-state index contributed by atoms with van der Waals surface area (Å²) in [5.41, 5.74) is 3.32. The lowest BCUT2D eigenvalue weighted by Crippen LogP contribution is -2.21. The van der Waals surface area contributed by atoms with Crippen molar-refractivity contribution in [3.05, 3.63) is 99.5 Å². The van der Waals surface area contributed by atoms with E-state index in [0.717, 1.165) is 11.1 Å². The predicted octanol–water partition coefficient (Wildman–Crippen LogP) is 6.38. The molecule has 0 aromatic heterocycles. The molecule has 30 heavy (non-hydrogen) atoms. The molecule has 1 aliphatic heterocycles. The highest BCUT2D eigenvalue weighted by Gasteiger charge is 2.30. The molecule has 0 aliphatic carbocycles. The van der Waals surface area contributed by atoms with E-state index in [2.05, 4.69) is 5.10 Å². The highest BCUT2D eigenvalue weighted by Crippen LogP contribution is 2.32. The topological polar surface area (TPSA) is 41.9 Å². The second kappa shape index (κ2) is 8.74. The molecule has 0 unspecified atom stereocenters. The summed E-state index contributed by atoms with van der Waals surface area (Å²) >= 11 is 12.5. The lowest BCUT2D eigenvalue weighted by molar-refractivity contribution is -0.114. The van der Waals surface area contributed by atoms with E-state index >= 15 is 0 Å². The first-order valence-corrected chi connectivity index (χ1v) is 10.1.